The molecule has 7 nitrogen and oxygen atoms in total. The molecule has 1 saturated heterocycles. The highest BCUT2D eigenvalue weighted by Gasteiger charge is 2.47. The first kappa shape index (κ1) is 26.6. The summed E-state index contributed by atoms with van der Waals surface area (Å²) in [6, 6.07) is 15.9. The maximum absolute atomic E-state index is 13.7. The third kappa shape index (κ3) is 6.10. The Morgan fingerprint density at radius 3 is 2.24 bits per heavy atom. The minimum absolute atomic E-state index is 0.00399. The number of amides is 4. The zero-order valence-corrected chi connectivity index (χ0v) is 21.7. The third-order valence-electron chi connectivity index (χ3n) is 7.07. The van der Waals surface area contributed by atoms with Crippen LogP contribution < -0.4 is 5.32 Å². The third-order valence-corrected chi connectivity index (χ3v) is 7.44. The number of nitrogens with one attached hydrogen (secondary N) is 1. The lowest BCUT2D eigenvalue weighted by atomic mass is 9.85. The fraction of sp³-hybridized carbons (Fsp3) is 0.379. The van der Waals surface area contributed by atoms with Crippen molar-refractivity contribution in [3.63, 3.8) is 0 Å². The molecular formula is C29H32ClN3O4. The summed E-state index contributed by atoms with van der Waals surface area (Å²) in [5, 5.41) is 3.35. The van der Waals surface area contributed by atoms with Crippen LogP contribution in [0.15, 0.2) is 66.7 Å². The number of halogens is 1. The van der Waals surface area contributed by atoms with Gasteiger partial charge in [-0.1, -0.05) is 72.3 Å². The fourth-order valence-electron chi connectivity index (χ4n) is 5.10. The van der Waals surface area contributed by atoms with Gasteiger partial charge in [0.15, 0.2) is 0 Å². The summed E-state index contributed by atoms with van der Waals surface area (Å²) in [7, 11) is 0. The van der Waals surface area contributed by atoms with E-state index in [1.807, 2.05) is 67.6 Å². The van der Waals surface area contributed by atoms with Gasteiger partial charge in [0.1, 0.15) is 6.04 Å². The van der Waals surface area contributed by atoms with Crippen LogP contribution in [0.2, 0.25) is 5.02 Å². The van der Waals surface area contributed by atoms with Crippen molar-refractivity contribution in [2.75, 3.05) is 13.1 Å². The first-order valence-electron chi connectivity index (χ1n) is 12.8. The van der Waals surface area contributed by atoms with E-state index in [1.54, 1.807) is 6.07 Å². The van der Waals surface area contributed by atoms with Gasteiger partial charge in [0.25, 0.3) is 0 Å². The Balaban J connectivity index is 1.58. The lowest BCUT2D eigenvalue weighted by Gasteiger charge is -2.32. The van der Waals surface area contributed by atoms with Crippen molar-refractivity contribution in [1.82, 2.24) is 15.1 Å². The second-order valence-corrected chi connectivity index (χ2v) is 9.85. The van der Waals surface area contributed by atoms with Crippen LogP contribution >= 0.6 is 11.6 Å². The molecule has 4 amide bonds. The minimum atomic E-state index is -0.789. The van der Waals surface area contributed by atoms with Gasteiger partial charge in [-0.05, 0) is 37.0 Å². The van der Waals surface area contributed by atoms with E-state index in [4.69, 9.17) is 11.6 Å². The number of carbonyl (C=O) groups is 4. The van der Waals surface area contributed by atoms with E-state index in [9.17, 15) is 19.2 Å². The average molecular weight is 522 g/mol. The summed E-state index contributed by atoms with van der Waals surface area (Å²) >= 11 is 6.43. The second kappa shape index (κ2) is 12.2. The van der Waals surface area contributed by atoms with Crippen molar-refractivity contribution in [3.8, 4) is 0 Å². The molecule has 2 aromatic rings. The highest BCUT2D eigenvalue weighted by atomic mass is 35.5. The highest BCUT2D eigenvalue weighted by Crippen LogP contribution is 2.35. The quantitative estimate of drug-likeness (QED) is 0.381. The van der Waals surface area contributed by atoms with Gasteiger partial charge < -0.3 is 10.2 Å². The number of fused-ring (bicyclic) bond motifs is 1. The number of likely N-dealkylation sites (N-methyl/N-ethyl adjacent to an activating group) is 1. The van der Waals surface area contributed by atoms with E-state index in [0.29, 0.717) is 36.4 Å². The molecule has 1 N–H and O–H groups in total. The van der Waals surface area contributed by atoms with Crippen molar-refractivity contribution in [3.05, 3.63) is 82.9 Å². The van der Waals surface area contributed by atoms with Crippen LogP contribution in [0.4, 0.5) is 0 Å². The van der Waals surface area contributed by atoms with Crippen LogP contribution in [-0.2, 0) is 32.1 Å². The molecule has 8 heteroatoms. The van der Waals surface area contributed by atoms with Crippen LogP contribution in [0.25, 0.3) is 0 Å². The SMILES string of the molecule is CCNC(=O)[C@@H](Cc1ccccc1)N(Cc1ccccc1Cl)C(=O)CCN1C(=O)[C@H]2CC=CC[C@H]2C1=O. The molecule has 1 aliphatic heterocycles. The molecule has 4 rings (SSSR count). The normalized spacial score (nSPS) is 19.5. The number of carbonyl (C=O) groups excluding carboxylic acids is 4. The molecule has 0 aromatic heterocycles. The Morgan fingerprint density at radius 1 is 1.00 bits per heavy atom. The van der Waals surface area contributed by atoms with Crippen LogP contribution in [0.3, 0.4) is 0 Å². The lowest BCUT2D eigenvalue weighted by Crippen LogP contribution is -2.51. The minimum Gasteiger partial charge on any atom is -0.355 e. The standard InChI is InChI=1S/C29H32ClN3O4/c1-2-31-27(35)25(18-20-10-4-3-5-11-20)33(19-21-12-6-9-15-24(21)30)26(34)16-17-32-28(36)22-13-7-8-14-23(22)29(32)37/h3-12,15,22-23,25H,2,13-14,16-19H2,1H3,(H,31,35)/t22-,23+,25-/m1/s1. The molecular weight excluding hydrogens is 490 g/mol. The van der Waals surface area contributed by atoms with Crippen molar-refractivity contribution >= 4 is 35.2 Å². The van der Waals surface area contributed by atoms with Gasteiger partial charge in [0.2, 0.25) is 23.6 Å². The maximum Gasteiger partial charge on any atom is 0.243 e. The Hall–Kier alpha value is -3.45. The first-order chi connectivity index (χ1) is 17.9. The number of rotatable bonds is 10. The van der Waals surface area contributed by atoms with E-state index in [2.05, 4.69) is 5.32 Å². The molecule has 2 aliphatic rings. The maximum atomic E-state index is 13.7. The predicted molar refractivity (Wildman–Crippen MR) is 141 cm³/mol. The first-order valence-corrected chi connectivity index (χ1v) is 13.1. The van der Waals surface area contributed by atoms with Crippen molar-refractivity contribution in [2.24, 2.45) is 11.8 Å². The molecule has 0 radical (unpaired) electrons. The summed E-state index contributed by atoms with van der Waals surface area (Å²) < 4.78 is 0. The van der Waals surface area contributed by atoms with Gasteiger partial charge in [0.05, 0.1) is 11.8 Å². The number of hydrogen-bond donors (Lipinski definition) is 1. The predicted octanol–water partition coefficient (Wildman–Crippen LogP) is 3.76. The van der Waals surface area contributed by atoms with Gasteiger partial charge in [-0.2, -0.15) is 0 Å². The number of benzene rings is 2. The Kier molecular flexibility index (Phi) is 8.77. The molecule has 0 bridgehead atoms. The summed E-state index contributed by atoms with van der Waals surface area (Å²) in [5.74, 6) is -1.69. The molecule has 0 saturated carbocycles. The van der Waals surface area contributed by atoms with E-state index in [0.717, 1.165) is 5.56 Å². The van der Waals surface area contributed by atoms with Crippen LogP contribution in [0.1, 0.15) is 37.3 Å². The number of hydrogen-bond acceptors (Lipinski definition) is 4. The van der Waals surface area contributed by atoms with E-state index in [1.165, 1.54) is 9.80 Å². The van der Waals surface area contributed by atoms with Crippen molar-refractivity contribution < 1.29 is 19.2 Å². The van der Waals surface area contributed by atoms with E-state index >= 15 is 0 Å². The van der Waals surface area contributed by atoms with Crippen molar-refractivity contribution in [2.45, 2.75) is 45.2 Å². The van der Waals surface area contributed by atoms with Gasteiger partial charge in [-0.25, -0.2) is 0 Å². The molecule has 1 fully saturated rings. The molecule has 0 spiro atoms. The van der Waals surface area contributed by atoms with E-state index in [-0.39, 0.29) is 55.0 Å². The van der Waals surface area contributed by atoms with Gasteiger partial charge in [-0.3, -0.25) is 24.1 Å². The molecule has 2 aromatic carbocycles. The molecule has 3 atom stereocenters. The molecule has 1 aliphatic carbocycles. The summed E-state index contributed by atoms with van der Waals surface area (Å²) in [4.78, 5) is 55.5. The van der Waals surface area contributed by atoms with Gasteiger partial charge in [0, 0.05) is 37.5 Å². The molecule has 0 unspecified atom stereocenters. The Morgan fingerprint density at radius 2 is 1.62 bits per heavy atom. The Labute approximate surface area is 222 Å². The van der Waals surface area contributed by atoms with Crippen molar-refractivity contribution in [1.29, 1.82) is 0 Å². The number of imide groups is 1. The molecule has 194 valence electrons. The average Bonchev–Trinajstić information content (AvgIpc) is 3.15. The summed E-state index contributed by atoms with van der Waals surface area (Å²) in [6.07, 6.45) is 5.22. The lowest BCUT2D eigenvalue weighted by molar-refractivity contribution is -0.144. The van der Waals surface area contributed by atoms with Crippen LogP contribution in [0.5, 0.6) is 0 Å². The fourth-order valence-corrected chi connectivity index (χ4v) is 5.29. The monoisotopic (exact) mass is 521 g/mol. The zero-order chi connectivity index (χ0) is 26.4. The van der Waals surface area contributed by atoms with E-state index < -0.39 is 6.04 Å². The van der Waals surface area contributed by atoms with Gasteiger partial charge in [-0.15, -0.1) is 0 Å². The zero-order valence-electron chi connectivity index (χ0n) is 20.9. The number of allylic oxidation sites excluding steroid dienone is 2. The highest BCUT2D eigenvalue weighted by molar-refractivity contribution is 6.31. The number of nitrogens with zero attached hydrogens (tertiary/aromatic N) is 2. The second-order valence-electron chi connectivity index (χ2n) is 9.45. The Bertz CT molecular complexity index is 1160. The van der Waals surface area contributed by atoms with Crippen LogP contribution in [-0.4, -0.2) is 52.6 Å². The topological polar surface area (TPSA) is 86.8 Å². The van der Waals surface area contributed by atoms with Gasteiger partial charge >= 0.3 is 0 Å². The molecule has 1 heterocycles. The summed E-state index contributed by atoms with van der Waals surface area (Å²) in [5.41, 5.74) is 1.63. The summed E-state index contributed by atoms with van der Waals surface area (Å²) in [6.45, 7) is 2.38. The number of likely N-dealkylation sites (tertiary alicyclic amines) is 1. The molecule has 37 heavy (non-hydrogen) atoms. The largest absolute Gasteiger partial charge is 0.355 e. The van der Waals surface area contributed by atoms with Crippen LogP contribution in [0, 0.1) is 11.8 Å². The smallest absolute Gasteiger partial charge is 0.243 e.